The first-order valence-electron chi connectivity index (χ1n) is 11.0. The molecule has 0 atom stereocenters. The van der Waals surface area contributed by atoms with Crippen molar-refractivity contribution in [2.75, 3.05) is 26.2 Å². The molecule has 9 nitrogen and oxygen atoms in total. The van der Waals surface area contributed by atoms with E-state index in [4.69, 9.17) is 8.94 Å². The normalized spacial score (nSPS) is 15.1. The second-order valence-electron chi connectivity index (χ2n) is 8.48. The number of hydrogen-bond donors (Lipinski definition) is 0. The van der Waals surface area contributed by atoms with Gasteiger partial charge in [0.25, 0.3) is 11.6 Å². The van der Waals surface area contributed by atoms with Crippen molar-refractivity contribution in [1.82, 2.24) is 19.3 Å². The lowest BCUT2D eigenvalue weighted by molar-refractivity contribution is 0.0699. The Bertz CT molecular complexity index is 1550. The quantitative estimate of drug-likeness (QED) is 0.422. The third-order valence-electron chi connectivity index (χ3n) is 6.12. The number of hydrogen-bond acceptors (Lipinski definition) is 7. The third-order valence-corrected chi connectivity index (χ3v) is 8.02. The Balaban J connectivity index is 1.43. The van der Waals surface area contributed by atoms with Gasteiger partial charge in [-0.25, -0.2) is 17.8 Å². The predicted molar refractivity (Wildman–Crippen MR) is 125 cm³/mol. The number of halogens is 1. The average Bonchev–Trinajstić information content (AvgIpc) is 3.39. The number of aromatic nitrogens is 2. The number of furan rings is 1. The highest BCUT2D eigenvalue weighted by atomic mass is 32.2. The number of benzene rings is 1. The highest BCUT2D eigenvalue weighted by molar-refractivity contribution is 7.89. The summed E-state index contributed by atoms with van der Waals surface area (Å²) in [6, 6.07) is 8.45. The fourth-order valence-electron chi connectivity index (χ4n) is 4.36. The van der Waals surface area contributed by atoms with Crippen molar-refractivity contribution in [3.8, 4) is 11.3 Å². The predicted octanol–water partition coefficient (Wildman–Crippen LogP) is 3.69. The van der Waals surface area contributed by atoms with Gasteiger partial charge in [-0.2, -0.15) is 4.31 Å². The summed E-state index contributed by atoms with van der Waals surface area (Å²) >= 11 is 0. The van der Waals surface area contributed by atoms with Crippen LogP contribution in [0.2, 0.25) is 0 Å². The van der Waals surface area contributed by atoms with Crippen LogP contribution in [0.25, 0.3) is 22.4 Å². The van der Waals surface area contributed by atoms with Gasteiger partial charge in [0.2, 0.25) is 10.0 Å². The standard InChI is InChI=1S/C24H23FN4O5S/c1-14-11-19(16(3)33-14)21-13-20(22-15(2)27-34-23(22)26-21)24(30)28-7-9-29(10-8-28)35(31,32)18-6-4-5-17(25)12-18/h4-6,11-13H,7-10H2,1-3H3. The van der Waals surface area contributed by atoms with Gasteiger partial charge in [-0.1, -0.05) is 11.2 Å². The van der Waals surface area contributed by atoms with E-state index in [9.17, 15) is 17.6 Å². The number of carbonyl (C=O) groups excluding carboxylic acids is 1. The molecule has 3 aromatic heterocycles. The number of sulfonamides is 1. The number of nitrogens with zero attached hydrogens (tertiary/aromatic N) is 4. The van der Waals surface area contributed by atoms with E-state index in [-0.39, 0.29) is 42.7 Å². The smallest absolute Gasteiger partial charge is 0.259 e. The van der Waals surface area contributed by atoms with E-state index in [2.05, 4.69) is 10.1 Å². The van der Waals surface area contributed by atoms with Crippen LogP contribution in [0.3, 0.4) is 0 Å². The maximum absolute atomic E-state index is 13.6. The Hall–Kier alpha value is -3.57. The summed E-state index contributed by atoms with van der Waals surface area (Å²) in [5, 5.41) is 4.50. The topological polar surface area (TPSA) is 110 Å². The summed E-state index contributed by atoms with van der Waals surface area (Å²) < 4.78 is 51.7. The lowest BCUT2D eigenvalue weighted by Gasteiger charge is -2.34. The van der Waals surface area contributed by atoms with Crippen LogP contribution in [0.1, 0.15) is 27.6 Å². The zero-order chi connectivity index (χ0) is 24.9. The minimum absolute atomic E-state index is 0.0916. The van der Waals surface area contributed by atoms with Gasteiger partial charge >= 0.3 is 0 Å². The van der Waals surface area contributed by atoms with Crippen LogP contribution in [0.15, 0.2) is 50.2 Å². The lowest BCUT2D eigenvalue weighted by atomic mass is 10.0. The average molecular weight is 499 g/mol. The van der Waals surface area contributed by atoms with Crippen LogP contribution in [0.5, 0.6) is 0 Å². The molecule has 1 fully saturated rings. The third kappa shape index (κ3) is 4.10. The Morgan fingerprint density at radius 3 is 2.46 bits per heavy atom. The van der Waals surface area contributed by atoms with Crippen LogP contribution in [0.4, 0.5) is 4.39 Å². The van der Waals surface area contributed by atoms with Gasteiger partial charge in [0, 0.05) is 31.7 Å². The Labute approximate surface area is 201 Å². The van der Waals surface area contributed by atoms with E-state index in [1.54, 1.807) is 17.9 Å². The maximum atomic E-state index is 13.6. The first-order valence-corrected chi connectivity index (χ1v) is 12.5. The first kappa shape index (κ1) is 23.2. The van der Waals surface area contributed by atoms with Gasteiger partial charge in [-0.3, -0.25) is 4.79 Å². The minimum Gasteiger partial charge on any atom is -0.466 e. The summed E-state index contributed by atoms with van der Waals surface area (Å²) in [5.74, 6) is 0.493. The van der Waals surface area contributed by atoms with Gasteiger partial charge in [0.15, 0.2) is 0 Å². The van der Waals surface area contributed by atoms with E-state index in [0.29, 0.717) is 28.1 Å². The van der Waals surface area contributed by atoms with Gasteiger partial charge in [0.05, 0.1) is 27.2 Å². The van der Waals surface area contributed by atoms with Crippen molar-refractivity contribution in [2.24, 2.45) is 0 Å². The molecule has 0 saturated carbocycles. The van der Waals surface area contributed by atoms with E-state index >= 15 is 0 Å². The zero-order valence-corrected chi connectivity index (χ0v) is 20.2. The number of piperazine rings is 1. The van der Waals surface area contributed by atoms with Crippen LogP contribution >= 0.6 is 0 Å². The van der Waals surface area contributed by atoms with Crippen molar-refractivity contribution in [1.29, 1.82) is 0 Å². The number of aryl methyl sites for hydroxylation is 3. The molecule has 1 aromatic carbocycles. The molecule has 0 aliphatic carbocycles. The van der Waals surface area contributed by atoms with Crippen LogP contribution in [0, 0.1) is 26.6 Å². The van der Waals surface area contributed by atoms with Gasteiger partial charge in [-0.15, -0.1) is 0 Å². The number of rotatable bonds is 4. The molecule has 11 heteroatoms. The molecule has 0 spiro atoms. The molecule has 0 radical (unpaired) electrons. The summed E-state index contributed by atoms with van der Waals surface area (Å²) in [6.07, 6.45) is 0. The molecule has 1 aliphatic heterocycles. The minimum atomic E-state index is -3.87. The molecule has 0 unspecified atom stereocenters. The molecule has 1 aliphatic rings. The molecule has 1 amide bonds. The molecule has 0 N–H and O–H groups in total. The first-order chi connectivity index (χ1) is 16.6. The second kappa shape index (κ2) is 8.58. The molecule has 5 rings (SSSR count). The molecule has 35 heavy (non-hydrogen) atoms. The number of pyridine rings is 1. The number of amides is 1. The summed E-state index contributed by atoms with van der Waals surface area (Å²) in [5.41, 5.74) is 2.43. The molecule has 182 valence electrons. The highest BCUT2D eigenvalue weighted by Gasteiger charge is 2.32. The van der Waals surface area contributed by atoms with Crippen molar-refractivity contribution in [3.05, 3.63) is 65.0 Å². The Kier molecular flexibility index (Phi) is 5.68. The monoisotopic (exact) mass is 498 g/mol. The van der Waals surface area contributed by atoms with Crippen LogP contribution in [-0.4, -0.2) is 59.8 Å². The fraction of sp³-hybridized carbons (Fsp3) is 0.292. The summed E-state index contributed by atoms with van der Waals surface area (Å²) in [7, 11) is -3.87. The van der Waals surface area contributed by atoms with E-state index in [1.165, 1.54) is 22.5 Å². The molecular formula is C24H23FN4O5S. The molecule has 4 heterocycles. The van der Waals surface area contributed by atoms with E-state index < -0.39 is 15.8 Å². The van der Waals surface area contributed by atoms with E-state index in [0.717, 1.165) is 17.4 Å². The molecular weight excluding hydrogens is 475 g/mol. The van der Waals surface area contributed by atoms with Gasteiger partial charge in [0.1, 0.15) is 17.3 Å². The molecule has 4 aromatic rings. The Morgan fingerprint density at radius 1 is 1.06 bits per heavy atom. The fourth-order valence-corrected chi connectivity index (χ4v) is 5.82. The number of carbonyl (C=O) groups is 1. The summed E-state index contributed by atoms with van der Waals surface area (Å²) in [4.78, 5) is 19.6. The lowest BCUT2D eigenvalue weighted by Crippen LogP contribution is -2.50. The van der Waals surface area contributed by atoms with E-state index in [1.807, 2.05) is 19.9 Å². The maximum Gasteiger partial charge on any atom is 0.259 e. The Morgan fingerprint density at radius 2 is 1.80 bits per heavy atom. The summed E-state index contributed by atoms with van der Waals surface area (Å²) in [6.45, 7) is 5.93. The van der Waals surface area contributed by atoms with Crippen LogP contribution < -0.4 is 0 Å². The van der Waals surface area contributed by atoms with Crippen molar-refractivity contribution in [3.63, 3.8) is 0 Å². The highest BCUT2D eigenvalue weighted by Crippen LogP contribution is 2.31. The molecule has 1 saturated heterocycles. The van der Waals surface area contributed by atoms with Gasteiger partial charge < -0.3 is 13.8 Å². The van der Waals surface area contributed by atoms with Gasteiger partial charge in [-0.05, 0) is 51.1 Å². The zero-order valence-electron chi connectivity index (χ0n) is 19.4. The van der Waals surface area contributed by atoms with Crippen LogP contribution in [-0.2, 0) is 10.0 Å². The van der Waals surface area contributed by atoms with Crippen molar-refractivity contribution in [2.45, 2.75) is 25.7 Å². The second-order valence-corrected chi connectivity index (χ2v) is 10.4. The SMILES string of the molecule is Cc1cc(-c2cc(C(=O)N3CCN(S(=O)(=O)c4cccc(F)c4)CC3)c3c(C)noc3n2)c(C)o1. The van der Waals surface area contributed by atoms with Crippen molar-refractivity contribution >= 4 is 27.0 Å². The van der Waals surface area contributed by atoms with Crippen molar-refractivity contribution < 1.29 is 26.5 Å². The largest absolute Gasteiger partial charge is 0.466 e. The molecule has 0 bridgehead atoms. The number of fused-ring (bicyclic) bond motifs is 1.